The Balaban J connectivity index is 1.35. The van der Waals surface area contributed by atoms with Crippen LogP contribution in [0.1, 0.15) is 83.9 Å². The quantitative estimate of drug-likeness (QED) is 0.283. The number of nitrogens with zero attached hydrogens (tertiary/aromatic N) is 8. The molecule has 2 fully saturated rings. The number of anilines is 1. The fourth-order valence-electron chi connectivity index (χ4n) is 7.15. The molecule has 3 N–H and O–H groups in total. The summed E-state index contributed by atoms with van der Waals surface area (Å²) in [6.45, 7) is 4.00. The minimum absolute atomic E-state index is 0.00385. The van der Waals surface area contributed by atoms with Gasteiger partial charge in [-0.05, 0) is 68.6 Å². The first-order valence-electron chi connectivity index (χ1n) is 16.7. The molecule has 1 saturated heterocycles. The van der Waals surface area contributed by atoms with Gasteiger partial charge in [0.15, 0.2) is 17.3 Å². The van der Waals surface area contributed by atoms with Crippen molar-refractivity contribution in [3.05, 3.63) is 80.0 Å². The minimum atomic E-state index is -4.68. The Labute approximate surface area is 294 Å². The van der Waals surface area contributed by atoms with E-state index in [1.54, 1.807) is 18.7 Å². The number of carbonyl (C=O) groups is 2. The van der Waals surface area contributed by atoms with E-state index in [9.17, 15) is 32.7 Å². The van der Waals surface area contributed by atoms with Crippen molar-refractivity contribution in [2.24, 2.45) is 11.1 Å². The van der Waals surface area contributed by atoms with Crippen molar-refractivity contribution < 1.29 is 27.9 Å². The highest BCUT2D eigenvalue weighted by atomic mass is 35.5. The van der Waals surface area contributed by atoms with Gasteiger partial charge in [-0.3, -0.25) is 19.0 Å². The topological polar surface area (TPSA) is 165 Å². The molecule has 2 amide bonds. The summed E-state index contributed by atoms with van der Waals surface area (Å²) < 4.78 is 43.3. The SMILES string of the molecule is CCc1c(N2CCN(C(=O)c3ncnc(C)c3O)CC2)c(=O)n2nc(C3=CCC4(CC3)CC4)nc2n1C(C(N)=O)c1ccc(C(F)(F)F)cc1Cl. The van der Waals surface area contributed by atoms with Gasteiger partial charge in [-0.2, -0.15) is 22.7 Å². The van der Waals surface area contributed by atoms with Crippen LogP contribution in [0.5, 0.6) is 5.75 Å². The summed E-state index contributed by atoms with van der Waals surface area (Å²) in [7, 11) is 0. The van der Waals surface area contributed by atoms with Crippen LogP contribution in [0.25, 0.3) is 11.4 Å². The fraction of sp³-hybridized carbons (Fsp3) is 0.441. The third kappa shape index (κ3) is 6.08. The standard InChI is InChI=1S/C34H35ClF3N9O4/c1-3-23-26(44-12-14-45(15-13-44)30(50)24-27(48)18(2)40-17-41-24)31(51)47-32(42-29(43-47)19-6-8-33(9-7-19)10-11-33)46(23)25(28(39)49)21-5-4-20(16-22(21)35)34(36,37)38/h4-6,16-17,25,48H,3,7-15H2,1-2H3,(H2,39,49). The molecule has 0 bridgehead atoms. The summed E-state index contributed by atoms with van der Waals surface area (Å²) >= 11 is 6.46. The number of halogens is 4. The molecule has 1 spiro atoms. The van der Waals surface area contributed by atoms with Crippen LogP contribution in [0, 0.1) is 12.3 Å². The van der Waals surface area contributed by atoms with E-state index in [0.29, 0.717) is 23.4 Å². The van der Waals surface area contributed by atoms with Gasteiger partial charge in [-0.25, -0.2) is 9.97 Å². The second kappa shape index (κ2) is 12.7. The van der Waals surface area contributed by atoms with E-state index in [1.165, 1.54) is 15.8 Å². The number of primary amides is 1. The number of amides is 2. The zero-order chi connectivity index (χ0) is 36.4. The van der Waals surface area contributed by atoms with Crippen molar-refractivity contribution >= 4 is 40.5 Å². The molecular weight excluding hydrogens is 691 g/mol. The predicted octanol–water partition coefficient (Wildman–Crippen LogP) is 4.31. The van der Waals surface area contributed by atoms with Crippen molar-refractivity contribution in [2.75, 3.05) is 31.1 Å². The summed E-state index contributed by atoms with van der Waals surface area (Å²) in [6.07, 6.45) is 3.66. The maximum Gasteiger partial charge on any atom is 0.416 e. The van der Waals surface area contributed by atoms with Crippen molar-refractivity contribution in [1.82, 2.24) is 34.0 Å². The van der Waals surface area contributed by atoms with Gasteiger partial charge in [-0.15, -0.1) is 5.10 Å². The van der Waals surface area contributed by atoms with Crippen molar-refractivity contribution in [2.45, 2.75) is 64.6 Å². The predicted molar refractivity (Wildman–Crippen MR) is 180 cm³/mol. The van der Waals surface area contributed by atoms with Crippen LogP contribution in [-0.4, -0.2) is 77.1 Å². The van der Waals surface area contributed by atoms with E-state index in [0.717, 1.165) is 54.0 Å². The lowest BCUT2D eigenvalue weighted by atomic mass is 9.87. The monoisotopic (exact) mass is 725 g/mol. The molecule has 13 nitrogen and oxygen atoms in total. The molecule has 3 aromatic heterocycles. The molecule has 1 saturated carbocycles. The van der Waals surface area contributed by atoms with Gasteiger partial charge < -0.3 is 20.6 Å². The van der Waals surface area contributed by atoms with Crippen molar-refractivity contribution in [3.8, 4) is 5.75 Å². The number of piperazine rings is 1. The normalized spacial score (nSPS) is 17.9. The molecule has 2 aliphatic carbocycles. The first-order valence-corrected chi connectivity index (χ1v) is 17.0. The number of aryl methyl sites for hydroxylation is 1. The van der Waals surface area contributed by atoms with Gasteiger partial charge in [0.05, 0.1) is 17.0 Å². The zero-order valence-electron chi connectivity index (χ0n) is 27.9. The Bertz CT molecular complexity index is 2170. The Hall–Kier alpha value is -4.99. The maximum atomic E-state index is 14.4. The van der Waals surface area contributed by atoms with Gasteiger partial charge in [0.25, 0.3) is 11.5 Å². The molecule has 1 atom stereocenters. The summed E-state index contributed by atoms with van der Waals surface area (Å²) in [5, 5.41) is 14.7. The smallest absolute Gasteiger partial charge is 0.416 e. The average molecular weight is 726 g/mol. The van der Waals surface area contributed by atoms with Gasteiger partial charge in [0.1, 0.15) is 18.1 Å². The number of fused-ring (bicyclic) bond motifs is 1. The number of allylic oxidation sites excluding steroid dienone is 2. The summed E-state index contributed by atoms with van der Waals surface area (Å²) in [5.41, 5.74) is 6.32. The first-order chi connectivity index (χ1) is 24.2. The Morgan fingerprint density at radius 1 is 1.12 bits per heavy atom. The molecule has 51 heavy (non-hydrogen) atoms. The Morgan fingerprint density at radius 3 is 2.43 bits per heavy atom. The number of hydrogen-bond acceptors (Lipinski definition) is 9. The Morgan fingerprint density at radius 2 is 1.84 bits per heavy atom. The lowest BCUT2D eigenvalue weighted by Crippen LogP contribution is -2.51. The zero-order valence-corrected chi connectivity index (χ0v) is 28.6. The lowest BCUT2D eigenvalue weighted by molar-refractivity contribution is -0.137. The molecule has 0 radical (unpaired) electrons. The maximum absolute atomic E-state index is 14.4. The van der Waals surface area contributed by atoms with E-state index in [1.807, 2.05) is 0 Å². The van der Waals surface area contributed by atoms with Crippen molar-refractivity contribution in [1.29, 1.82) is 0 Å². The van der Waals surface area contributed by atoms with E-state index in [4.69, 9.17) is 22.3 Å². The van der Waals surface area contributed by atoms with Crippen LogP contribution in [0.3, 0.4) is 0 Å². The van der Waals surface area contributed by atoms with E-state index in [-0.39, 0.29) is 71.8 Å². The molecule has 268 valence electrons. The number of alkyl halides is 3. The number of carbonyl (C=O) groups excluding carboxylic acids is 2. The lowest BCUT2D eigenvalue weighted by Gasteiger charge is -2.37. The number of aromatic nitrogens is 6. The number of hydrogen-bond donors (Lipinski definition) is 2. The van der Waals surface area contributed by atoms with Crippen LogP contribution in [0.2, 0.25) is 5.02 Å². The summed E-state index contributed by atoms with van der Waals surface area (Å²) in [5.74, 6) is -1.44. The second-order valence-corrected chi connectivity index (χ2v) is 13.8. The molecule has 3 aliphatic rings. The molecule has 1 aromatic carbocycles. The van der Waals surface area contributed by atoms with E-state index in [2.05, 4.69) is 21.1 Å². The van der Waals surface area contributed by atoms with Gasteiger partial charge in [0, 0.05) is 36.8 Å². The van der Waals surface area contributed by atoms with E-state index >= 15 is 0 Å². The summed E-state index contributed by atoms with van der Waals surface area (Å²) in [4.78, 5) is 57.0. The number of rotatable bonds is 7. The Kier molecular flexibility index (Phi) is 8.55. The van der Waals surface area contributed by atoms with Crippen LogP contribution in [0.4, 0.5) is 18.9 Å². The molecule has 1 aliphatic heterocycles. The van der Waals surface area contributed by atoms with Crippen LogP contribution < -0.4 is 16.2 Å². The highest BCUT2D eigenvalue weighted by Gasteiger charge is 2.43. The van der Waals surface area contributed by atoms with Crippen molar-refractivity contribution in [3.63, 3.8) is 0 Å². The molecule has 4 aromatic rings. The van der Waals surface area contributed by atoms with Crippen LogP contribution in [0.15, 0.2) is 35.4 Å². The third-order valence-corrected chi connectivity index (χ3v) is 10.6. The van der Waals surface area contributed by atoms with Gasteiger partial charge >= 0.3 is 6.18 Å². The number of nitrogens with two attached hydrogens (primary N) is 1. The molecule has 7 rings (SSSR count). The molecular formula is C34H35ClF3N9O4. The second-order valence-electron chi connectivity index (χ2n) is 13.4. The highest BCUT2D eigenvalue weighted by Crippen LogP contribution is 2.56. The van der Waals surface area contributed by atoms with Crippen LogP contribution in [-0.2, 0) is 17.4 Å². The first kappa shape index (κ1) is 34.5. The van der Waals surface area contributed by atoms with E-state index < -0.39 is 35.2 Å². The third-order valence-electron chi connectivity index (χ3n) is 10.3. The number of benzene rings is 1. The van der Waals surface area contributed by atoms with Crippen LogP contribution >= 0.6 is 11.6 Å². The largest absolute Gasteiger partial charge is 0.504 e. The number of aromatic hydroxyl groups is 1. The fourth-order valence-corrected chi connectivity index (χ4v) is 7.43. The molecule has 1 unspecified atom stereocenters. The molecule has 4 heterocycles. The van der Waals surface area contributed by atoms with Gasteiger partial charge in [0.2, 0.25) is 11.7 Å². The average Bonchev–Trinajstić information content (AvgIpc) is 3.70. The van der Waals surface area contributed by atoms with Gasteiger partial charge in [-0.1, -0.05) is 30.7 Å². The summed E-state index contributed by atoms with van der Waals surface area (Å²) in [6, 6.07) is 1.21. The minimum Gasteiger partial charge on any atom is -0.504 e. The molecule has 17 heteroatoms. The highest BCUT2D eigenvalue weighted by molar-refractivity contribution is 6.31.